The summed E-state index contributed by atoms with van der Waals surface area (Å²) in [4.78, 5) is 17.2. The number of benzene rings is 1. The first-order chi connectivity index (χ1) is 13.4. The first-order valence-electron chi connectivity index (χ1n) is 8.95. The Morgan fingerprint density at radius 3 is 2.89 bits per heavy atom. The fourth-order valence-corrected chi connectivity index (χ4v) is 4.20. The average Bonchev–Trinajstić information content (AvgIpc) is 2.67. The third kappa shape index (κ3) is 2.40. The second-order valence-electron chi connectivity index (χ2n) is 6.86. The van der Waals surface area contributed by atoms with Crippen LogP contribution in [0.2, 0.25) is 0 Å². The van der Waals surface area contributed by atoms with Gasteiger partial charge >= 0.3 is 5.97 Å². The van der Waals surface area contributed by atoms with Gasteiger partial charge in [0, 0.05) is 23.7 Å². The van der Waals surface area contributed by atoms with Gasteiger partial charge in [0.15, 0.2) is 0 Å². The monoisotopic (exact) mass is 380 g/mol. The zero-order chi connectivity index (χ0) is 20.1. The van der Waals surface area contributed by atoms with Crippen LogP contribution in [0.4, 0.5) is 11.5 Å². The Morgan fingerprint density at radius 1 is 1.46 bits per heavy atom. The zero-order valence-corrected chi connectivity index (χ0v) is 15.8. The summed E-state index contributed by atoms with van der Waals surface area (Å²) in [6.07, 6.45) is 0. The van der Waals surface area contributed by atoms with Gasteiger partial charge in [-0.1, -0.05) is 18.2 Å². The van der Waals surface area contributed by atoms with Crippen LogP contribution >= 0.6 is 0 Å². The van der Waals surface area contributed by atoms with Gasteiger partial charge in [-0.25, -0.2) is 0 Å². The molecule has 2 aliphatic rings. The number of rotatable bonds is 3. The Bertz CT molecular complexity index is 1020. The normalized spacial score (nSPS) is 24.1. The van der Waals surface area contributed by atoms with E-state index < -0.39 is 23.5 Å². The fraction of sp³-hybridized carbons (Fsp3) is 0.350. The lowest BCUT2D eigenvalue weighted by molar-refractivity contribution is -0.158. The molecule has 0 saturated carbocycles. The van der Waals surface area contributed by atoms with E-state index in [-0.39, 0.29) is 17.3 Å². The molecule has 3 heterocycles. The van der Waals surface area contributed by atoms with E-state index in [0.29, 0.717) is 23.6 Å². The molecule has 1 aromatic heterocycles. The molecule has 4 rings (SSSR count). The summed E-state index contributed by atoms with van der Waals surface area (Å²) in [5.41, 5.74) is 6.97. The lowest BCUT2D eigenvalue weighted by Gasteiger charge is -2.47. The summed E-state index contributed by atoms with van der Waals surface area (Å²) >= 11 is 0. The summed E-state index contributed by atoms with van der Waals surface area (Å²) in [6.45, 7) is 3.97. The van der Waals surface area contributed by atoms with E-state index >= 15 is 0 Å². The van der Waals surface area contributed by atoms with Crippen LogP contribution in [-0.2, 0) is 14.3 Å². The number of nitriles is 1. The van der Waals surface area contributed by atoms with E-state index in [2.05, 4.69) is 16.4 Å². The molecule has 28 heavy (non-hydrogen) atoms. The minimum Gasteiger partial charge on any atom is -0.469 e. The number of carbonyl (C=O) groups excluding carboxylic acids is 1. The summed E-state index contributed by atoms with van der Waals surface area (Å²) in [7, 11) is 1.35. The van der Waals surface area contributed by atoms with Crippen molar-refractivity contribution in [3.8, 4) is 17.7 Å². The third-order valence-corrected chi connectivity index (χ3v) is 5.31. The van der Waals surface area contributed by atoms with Crippen LogP contribution in [-0.4, -0.2) is 30.4 Å². The van der Waals surface area contributed by atoms with E-state index in [4.69, 9.17) is 19.9 Å². The number of nitrogen functional groups attached to an aromatic ring is 1. The minimum absolute atomic E-state index is 0.0530. The number of fused-ring (bicyclic) bond motifs is 2. The van der Waals surface area contributed by atoms with Crippen molar-refractivity contribution in [2.75, 3.05) is 24.8 Å². The lowest BCUT2D eigenvalue weighted by Crippen LogP contribution is -2.55. The van der Waals surface area contributed by atoms with Crippen LogP contribution in [0.5, 0.6) is 11.6 Å². The van der Waals surface area contributed by atoms with Gasteiger partial charge in [-0.2, -0.15) is 10.2 Å². The van der Waals surface area contributed by atoms with Crippen molar-refractivity contribution in [1.82, 2.24) is 4.98 Å². The van der Waals surface area contributed by atoms with E-state index in [1.54, 1.807) is 6.92 Å². The van der Waals surface area contributed by atoms with Crippen molar-refractivity contribution >= 4 is 17.5 Å². The lowest BCUT2D eigenvalue weighted by atomic mass is 9.71. The number of nitrogens with two attached hydrogens (primary N) is 1. The number of esters is 1. The average molecular weight is 380 g/mol. The molecule has 8 heteroatoms. The van der Waals surface area contributed by atoms with Crippen molar-refractivity contribution in [3.63, 3.8) is 0 Å². The number of hydrogen-bond donors (Lipinski definition) is 2. The van der Waals surface area contributed by atoms with Gasteiger partial charge in [0.1, 0.15) is 34.8 Å². The molecule has 3 N–H and O–H groups in total. The van der Waals surface area contributed by atoms with Gasteiger partial charge < -0.3 is 25.3 Å². The van der Waals surface area contributed by atoms with E-state index in [1.807, 2.05) is 31.2 Å². The predicted octanol–water partition coefficient (Wildman–Crippen LogP) is 2.74. The fourth-order valence-electron chi connectivity index (χ4n) is 4.20. The Balaban J connectivity index is 2.07. The zero-order valence-electron chi connectivity index (χ0n) is 15.8. The SMILES string of the molecule is CCOC1(C)Nc2c(C#N)c(N)nc3c2C(c2ccccc2O3)C1C(=O)OC. The number of ether oxygens (including phenoxy) is 3. The number of methoxy groups -OCH3 is 1. The number of nitrogens with one attached hydrogen (secondary N) is 1. The highest BCUT2D eigenvalue weighted by Gasteiger charge is 2.55. The molecule has 0 spiro atoms. The van der Waals surface area contributed by atoms with Crippen LogP contribution in [0.15, 0.2) is 24.3 Å². The van der Waals surface area contributed by atoms with Crippen molar-refractivity contribution in [1.29, 1.82) is 5.26 Å². The van der Waals surface area contributed by atoms with Crippen LogP contribution in [0.1, 0.15) is 36.5 Å². The molecule has 0 amide bonds. The standard InChI is InChI=1S/C20H20N4O4/c1-4-27-20(2)15(19(25)26-3)13-10-7-5-6-8-12(10)28-18-14(13)16(24-20)11(9-21)17(22)23-18/h5-8,13,15,24H,4H2,1-3H3,(H2,22,23). The number of aromatic nitrogens is 1. The topological polar surface area (TPSA) is 119 Å². The van der Waals surface area contributed by atoms with E-state index in [9.17, 15) is 10.1 Å². The van der Waals surface area contributed by atoms with Crippen LogP contribution in [0.3, 0.4) is 0 Å². The molecule has 0 radical (unpaired) electrons. The molecular weight excluding hydrogens is 360 g/mol. The number of anilines is 2. The quantitative estimate of drug-likeness (QED) is 0.780. The van der Waals surface area contributed by atoms with Crippen molar-refractivity contribution in [2.45, 2.75) is 25.5 Å². The minimum atomic E-state index is -1.12. The largest absolute Gasteiger partial charge is 0.469 e. The molecule has 0 saturated heterocycles. The molecule has 2 aliphatic heterocycles. The molecule has 0 bridgehead atoms. The Kier molecular flexibility index (Phi) is 4.12. The van der Waals surface area contributed by atoms with Gasteiger partial charge in [0.2, 0.25) is 5.88 Å². The highest BCUT2D eigenvalue weighted by atomic mass is 16.5. The maximum absolute atomic E-state index is 12.9. The molecule has 144 valence electrons. The van der Waals surface area contributed by atoms with Crippen LogP contribution in [0, 0.1) is 17.2 Å². The summed E-state index contributed by atoms with van der Waals surface area (Å²) < 4.78 is 17.1. The number of pyridine rings is 1. The third-order valence-electron chi connectivity index (χ3n) is 5.31. The van der Waals surface area contributed by atoms with Crippen LogP contribution in [0.25, 0.3) is 0 Å². The molecule has 3 unspecified atom stereocenters. The van der Waals surface area contributed by atoms with Crippen LogP contribution < -0.4 is 15.8 Å². The van der Waals surface area contributed by atoms with Gasteiger partial charge in [0.25, 0.3) is 0 Å². The molecular formula is C20H20N4O4. The van der Waals surface area contributed by atoms with Gasteiger partial charge in [-0.3, -0.25) is 4.79 Å². The maximum atomic E-state index is 12.9. The Hall–Kier alpha value is -3.31. The second-order valence-corrected chi connectivity index (χ2v) is 6.86. The van der Waals surface area contributed by atoms with Gasteiger partial charge in [-0.15, -0.1) is 0 Å². The van der Waals surface area contributed by atoms with Crippen molar-refractivity contribution < 1.29 is 19.0 Å². The molecule has 1 aromatic carbocycles. The molecule has 3 atom stereocenters. The molecule has 8 nitrogen and oxygen atoms in total. The molecule has 0 fully saturated rings. The highest BCUT2D eigenvalue weighted by Crippen LogP contribution is 2.57. The van der Waals surface area contributed by atoms with E-state index in [0.717, 1.165) is 5.56 Å². The van der Waals surface area contributed by atoms with Gasteiger partial charge in [0.05, 0.1) is 12.8 Å². The smallest absolute Gasteiger partial charge is 0.314 e. The van der Waals surface area contributed by atoms with Crippen molar-refractivity contribution in [3.05, 3.63) is 41.0 Å². The summed E-state index contributed by atoms with van der Waals surface area (Å²) in [6, 6.07) is 9.52. The van der Waals surface area contributed by atoms with E-state index in [1.165, 1.54) is 7.11 Å². The Labute approximate surface area is 162 Å². The first kappa shape index (κ1) is 18.1. The molecule has 2 aromatic rings. The van der Waals surface area contributed by atoms with Gasteiger partial charge in [-0.05, 0) is 19.9 Å². The number of hydrogen-bond acceptors (Lipinski definition) is 8. The number of nitrogens with zero attached hydrogens (tertiary/aromatic N) is 2. The summed E-state index contributed by atoms with van der Waals surface area (Å²) in [5, 5.41) is 12.9. The summed E-state index contributed by atoms with van der Waals surface area (Å²) in [5.74, 6) is -0.729. The predicted molar refractivity (Wildman–Crippen MR) is 101 cm³/mol. The first-order valence-corrected chi connectivity index (χ1v) is 8.95. The number of carbonyl (C=O) groups is 1. The van der Waals surface area contributed by atoms with Crippen molar-refractivity contribution in [2.24, 2.45) is 5.92 Å². The second kappa shape index (κ2) is 6.39. The number of para-hydroxylation sites is 1. The Morgan fingerprint density at radius 2 is 2.21 bits per heavy atom. The maximum Gasteiger partial charge on any atom is 0.314 e. The highest BCUT2D eigenvalue weighted by molar-refractivity contribution is 5.84. The molecule has 0 aliphatic carbocycles.